The van der Waals surface area contributed by atoms with Crippen LogP contribution in [0.15, 0.2) is 78.9 Å². The minimum atomic E-state index is 0.827. The molecular formula is C25H24N2O2. The van der Waals surface area contributed by atoms with Gasteiger partial charge in [0, 0.05) is 16.7 Å². The highest BCUT2D eigenvalue weighted by Gasteiger charge is 2.20. The van der Waals surface area contributed by atoms with Crippen molar-refractivity contribution in [3.63, 3.8) is 0 Å². The topological polar surface area (TPSA) is 36.3 Å². The standard InChI is InChI=1S/C25H24N2O2/c1-4-23-24(18-10-14-21(28-2)15-11-18)26-27(20-12-16-22(29-3)17-13-20)25(23)19-8-6-5-7-9-19/h5-17H,4H2,1-3H3. The SMILES string of the molecule is CCc1c(-c2ccc(OC)cc2)nn(-c2ccc(OC)cc2)c1-c1ccccc1. The monoisotopic (exact) mass is 384 g/mol. The number of ether oxygens (including phenoxy) is 2. The molecule has 3 aromatic carbocycles. The number of benzene rings is 3. The van der Waals surface area contributed by atoms with Crippen LogP contribution in [-0.4, -0.2) is 24.0 Å². The van der Waals surface area contributed by atoms with Crippen LogP contribution in [0.1, 0.15) is 12.5 Å². The highest BCUT2D eigenvalue weighted by molar-refractivity contribution is 5.76. The minimum Gasteiger partial charge on any atom is -0.497 e. The van der Waals surface area contributed by atoms with E-state index in [0.29, 0.717) is 0 Å². The van der Waals surface area contributed by atoms with E-state index in [1.54, 1.807) is 14.2 Å². The summed E-state index contributed by atoms with van der Waals surface area (Å²) >= 11 is 0. The third-order valence-electron chi connectivity index (χ3n) is 5.06. The highest BCUT2D eigenvalue weighted by atomic mass is 16.5. The number of rotatable bonds is 6. The van der Waals surface area contributed by atoms with E-state index in [9.17, 15) is 0 Å². The Morgan fingerprint density at radius 2 is 1.31 bits per heavy atom. The maximum absolute atomic E-state index is 5.32. The smallest absolute Gasteiger partial charge is 0.119 e. The van der Waals surface area contributed by atoms with Crippen molar-refractivity contribution in [2.45, 2.75) is 13.3 Å². The van der Waals surface area contributed by atoms with Crippen LogP contribution in [0.3, 0.4) is 0 Å². The quantitative estimate of drug-likeness (QED) is 0.422. The molecule has 1 heterocycles. The van der Waals surface area contributed by atoms with Crippen molar-refractivity contribution in [3.05, 3.63) is 84.4 Å². The number of nitrogens with zero attached hydrogens (tertiary/aromatic N) is 2. The molecular weight excluding hydrogens is 360 g/mol. The summed E-state index contributed by atoms with van der Waals surface area (Å²) in [5.41, 5.74) is 6.55. The van der Waals surface area contributed by atoms with Crippen LogP contribution in [0.2, 0.25) is 0 Å². The second kappa shape index (κ2) is 8.23. The van der Waals surface area contributed by atoms with Crippen molar-refractivity contribution in [1.82, 2.24) is 9.78 Å². The summed E-state index contributed by atoms with van der Waals surface area (Å²) in [5.74, 6) is 1.66. The van der Waals surface area contributed by atoms with Gasteiger partial charge < -0.3 is 9.47 Å². The first-order valence-electron chi connectivity index (χ1n) is 9.71. The molecule has 4 rings (SSSR count). The summed E-state index contributed by atoms with van der Waals surface area (Å²) < 4.78 is 12.7. The van der Waals surface area contributed by atoms with Gasteiger partial charge in [0.05, 0.1) is 31.3 Å². The van der Waals surface area contributed by atoms with Crippen molar-refractivity contribution in [3.8, 4) is 39.7 Å². The van der Waals surface area contributed by atoms with E-state index in [4.69, 9.17) is 14.6 Å². The van der Waals surface area contributed by atoms with E-state index < -0.39 is 0 Å². The Morgan fingerprint density at radius 3 is 1.86 bits per heavy atom. The molecule has 29 heavy (non-hydrogen) atoms. The molecule has 4 nitrogen and oxygen atoms in total. The zero-order valence-electron chi connectivity index (χ0n) is 16.9. The Kier molecular flexibility index (Phi) is 5.34. The third kappa shape index (κ3) is 3.61. The fraction of sp³-hybridized carbons (Fsp3) is 0.160. The average molecular weight is 384 g/mol. The van der Waals surface area contributed by atoms with Gasteiger partial charge >= 0.3 is 0 Å². The second-order valence-electron chi connectivity index (χ2n) is 6.73. The summed E-state index contributed by atoms with van der Waals surface area (Å²) in [7, 11) is 3.35. The first-order valence-corrected chi connectivity index (χ1v) is 9.71. The molecule has 0 N–H and O–H groups in total. The fourth-order valence-electron chi connectivity index (χ4n) is 3.57. The Hall–Kier alpha value is -3.53. The molecule has 0 unspecified atom stereocenters. The Morgan fingerprint density at radius 1 is 0.724 bits per heavy atom. The Balaban J connectivity index is 1.93. The molecule has 0 aliphatic rings. The number of hydrogen-bond donors (Lipinski definition) is 0. The molecule has 4 heteroatoms. The average Bonchev–Trinajstić information content (AvgIpc) is 3.19. The molecule has 0 amide bonds. The molecule has 0 radical (unpaired) electrons. The zero-order valence-corrected chi connectivity index (χ0v) is 16.9. The van der Waals surface area contributed by atoms with Crippen LogP contribution in [0, 0.1) is 0 Å². The predicted molar refractivity (Wildman–Crippen MR) is 117 cm³/mol. The van der Waals surface area contributed by atoms with Crippen molar-refractivity contribution in [2.24, 2.45) is 0 Å². The lowest BCUT2D eigenvalue weighted by molar-refractivity contribution is 0.414. The summed E-state index contributed by atoms with van der Waals surface area (Å²) in [6.45, 7) is 2.18. The van der Waals surface area contributed by atoms with Crippen LogP contribution >= 0.6 is 0 Å². The van der Waals surface area contributed by atoms with Crippen LogP contribution in [0.25, 0.3) is 28.2 Å². The van der Waals surface area contributed by atoms with Crippen molar-refractivity contribution < 1.29 is 9.47 Å². The molecule has 0 aliphatic heterocycles. The Labute approximate surface area is 171 Å². The van der Waals surface area contributed by atoms with E-state index in [1.165, 1.54) is 5.56 Å². The number of aromatic nitrogens is 2. The fourth-order valence-corrected chi connectivity index (χ4v) is 3.57. The normalized spacial score (nSPS) is 10.7. The summed E-state index contributed by atoms with van der Waals surface area (Å²) in [6.07, 6.45) is 0.877. The largest absolute Gasteiger partial charge is 0.497 e. The van der Waals surface area contributed by atoms with Gasteiger partial charge in [0.1, 0.15) is 11.5 Å². The van der Waals surface area contributed by atoms with Gasteiger partial charge in [-0.15, -0.1) is 0 Å². The highest BCUT2D eigenvalue weighted by Crippen LogP contribution is 2.35. The molecule has 4 aromatic rings. The second-order valence-corrected chi connectivity index (χ2v) is 6.73. The van der Waals surface area contributed by atoms with Gasteiger partial charge in [-0.3, -0.25) is 0 Å². The van der Waals surface area contributed by atoms with E-state index in [1.807, 2.05) is 47.1 Å². The third-order valence-corrected chi connectivity index (χ3v) is 5.06. The van der Waals surface area contributed by atoms with Crippen molar-refractivity contribution in [2.75, 3.05) is 14.2 Å². The van der Waals surface area contributed by atoms with E-state index in [2.05, 4.69) is 43.3 Å². The maximum atomic E-state index is 5.32. The zero-order chi connectivity index (χ0) is 20.2. The molecule has 0 atom stereocenters. The molecule has 0 spiro atoms. The van der Waals surface area contributed by atoms with Crippen LogP contribution in [0.5, 0.6) is 11.5 Å². The molecule has 146 valence electrons. The van der Waals surface area contributed by atoms with Gasteiger partial charge in [0.2, 0.25) is 0 Å². The Bertz CT molecular complexity index is 1080. The lowest BCUT2D eigenvalue weighted by Gasteiger charge is -2.10. The van der Waals surface area contributed by atoms with Gasteiger partial charge in [-0.1, -0.05) is 37.3 Å². The lowest BCUT2D eigenvalue weighted by Crippen LogP contribution is -2.00. The van der Waals surface area contributed by atoms with Crippen LogP contribution in [0.4, 0.5) is 0 Å². The first-order chi connectivity index (χ1) is 14.2. The number of methoxy groups -OCH3 is 2. The molecule has 1 aromatic heterocycles. The molecule has 0 aliphatic carbocycles. The van der Waals surface area contributed by atoms with Gasteiger partial charge in [-0.25, -0.2) is 4.68 Å². The van der Waals surface area contributed by atoms with Gasteiger partial charge in [0.15, 0.2) is 0 Å². The molecule has 0 fully saturated rings. The summed E-state index contributed by atoms with van der Waals surface area (Å²) in [6, 6.07) is 26.5. The van der Waals surface area contributed by atoms with Crippen LogP contribution in [-0.2, 0) is 6.42 Å². The minimum absolute atomic E-state index is 0.827. The molecule has 0 bridgehead atoms. The van der Waals surface area contributed by atoms with Gasteiger partial charge in [-0.05, 0) is 55.0 Å². The van der Waals surface area contributed by atoms with E-state index in [-0.39, 0.29) is 0 Å². The molecule has 0 saturated heterocycles. The van der Waals surface area contributed by atoms with E-state index >= 15 is 0 Å². The first kappa shape index (κ1) is 18.8. The van der Waals surface area contributed by atoms with E-state index in [0.717, 1.165) is 46.1 Å². The maximum Gasteiger partial charge on any atom is 0.119 e. The van der Waals surface area contributed by atoms with Crippen molar-refractivity contribution >= 4 is 0 Å². The van der Waals surface area contributed by atoms with Crippen molar-refractivity contribution in [1.29, 1.82) is 0 Å². The summed E-state index contributed by atoms with van der Waals surface area (Å²) in [5, 5.41) is 5.04. The lowest BCUT2D eigenvalue weighted by atomic mass is 10.00. The number of hydrogen-bond acceptors (Lipinski definition) is 3. The predicted octanol–water partition coefficient (Wildman–Crippen LogP) is 5.79. The summed E-state index contributed by atoms with van der Waals surface area (Å²) in [4.78, 5) is 0. The van der Waals surface area contributed by atoms with Gasteiger partial charge in [0.25, 0.3) is 0 Å². The molecule has 0 saturated carbocycles. The van der Waals surface area contributed by atoms with Crippen LogP contribution < -0.4 is 9.47 Å². The van der Waals surface area contributed by atoms with Gasteiger partial charge in [-0.2, -0.15) is 5.10 Å².